The lowest BCUT2D eigenvalue weighted by molar-refractivity contribution is -0.148. The lowest BCUT2D eigenvalue weighted by atomic mass is 9.81. The van der Waals surface area contributed by atoms with Gasteiger partial charge in [0.05, 0.1) is 5.41 Å². The number of hydrogen-bond donors (Lipinski definition) is 2. The first-order chi connectivity index (χ1) is 9.47. The Morgan fingerprint density at radius 3 is 2.95 bits per heavy atom. The first kappa shape index (κ1) is 13.5. The average molecular weight is 297 g/mol. The summed E-state index contributed by atoms with van der Waals surface area (Å²) >= 11 is 0. The summed E-state index contributed by atoms with van der Waals surface area (Å²) in [6.45, 7) is 1.09. The molecule has 0 saturated carbocycles. The molecule has 0 radical (unpaired) electrons. The second-order valence-electron chi connectivity index (χ2n) is 5.28. The topological polar surface area (TPSA) is 99.6 Å². The molecule has 2 atom stereocenters. The van der Waals surface area contributed by atoms with Gasteiger partial charge in [0.1, 0.15) is 4.90 Å². The molecule has 7 nitrogen and oxygen atoms in total. The molecule has 0 amide bonds. The van der Waals surface area contributed by atoms with Crippen LogP contribution in [0.25, 0.3) is 0 Å². The molecule has 2 aliphatic heterocycles. The molecule has 2 fully saturated rings. The molecule has 108 valence electrons. The van der Waals surface area contributed by atoms with Gasteiger partial charge in [-0.25, -0.2) is 8.42 Å². The lowest BCUT2D eigenvalue weighted by Gasteiger charge is -2.22. The van der Waals surface area contributed by atoms with E-state index in [0.29, 0.717) is 13.1 Å². The normalized spacial score (nSPS) is 30.3. The van der Waals surface area contributed by atoms with Gasteiger partial charge in [0, 0.05) is 44.5 Å². The third kappa shape index (κ3) is 1.83. The van der Waals surface area contributed by atoms with Crippen LogP contribution in [-0.4, -0.2) is 55.0 Å². The van der Waals surface area contributed by atoms with Crippen molar-refractivity contribution in [2.24, 2.45) is 11.3 Å². The Morgan fingerprint density at radius 2 is 2.35 bits per heavy atom. The Kier molecular flexibility index (Phi) is 3.03. The molecule has 1 aromatic rings. The zero-order valence-electron chi connectivity index (χ0n) is 10.7. The number of fused-ring (bicyclic) bond motifs is 1. The maximum atomic E-state index is 12.5. The minimum absolute atomic E-state index is 0.0111. The predicted octanol–water partition coefficient (Wildman–Crippen LogP) is -0.624. The van der Waals surface area contributed by atoms with E-state index in [9.17, 15) is 18.3 Å². The quantitative estimate of drug-likeness (QED) is 0.771. The van der Waals surface area contributed by atoms with Gasteiger partial charge in [-0.1, -0.05) is 0 Å². The van der Waals surface area contributed by atoms with Crippen LogP contribution in [0.4, 0.5) is 0 Å². The number of aliphatic carboxylic acids is 1. The predicted molar refractivity (Wildman–Crippen MR) is 69.4 cm³/mol. The fourth-order valence-electron chi connectivity index (χ4n) is 3.01. The molecule has 0 aromatic carbocycles. The molecule has 0 unspecified atom stereocenters. The fraction of sp³-hybridized carbons (Fsp3) is 0.500. The van der Waals surface area contributed by atoms with Crippen LogP contribution in [0.5, 0.6) is 0 Å². The zero-order chi connectivity index (χ0) is 14.4. The Morgan fingerprint density at radius 1 is 1.55 bits per heavy atom. The van der Waals surface area contributed by atoms with Gasteiger partial charge in [0.25, 0.3) is 0 Å². The van der Waals surface area contributed by atoms with E-state index >= 15 is 0 Å². The second-order valence-corrected chi connectivity index (χ2v) is 7.21. The van der Waals surface area contributed by atoms with Crippen LogP contribution in [0, 0.1) is 11.3 Å². The van der Waals surface area contributed by atoms with Gasteiger partial charge in [-0.05, 0) is 12.1 Å². The van der Waals surface area contributed by atoms with Crippen molar-refractivity contribution in [1.29, 1.82) is 0 Å². The number of hydrogen-bond acceptors (Lipinski definition) is 5. The third-order valence-electron chi connectivity index (χ3n) is 4.19. The fourth-order valence-corrected chi connectivity index (χ4v) is 4.53. The number of nitrogens with one attached hydrogen (secondary N) is 1. The molecule has 3 heterocycles. The summed E-state index contributed by atoms with van der Waals surface area (Å²) in [5, 5.41) is 12.5. The molecular weight excluding hydrogens is 282 g/mol. The molecule has 0 spiro atoms. The summed E-state index contributed by atoms with van der Waals surface area (Å²) in [7, 11) is -3.67. The van der Waals surface area contributed by atoms with Gasteiger partial charge in [-0.2, -0.15) is 4.31 Å². The van der Waals surface area contributed by atoms with Crippen molar-refractivity contribution >= 4 is 16.0 Å². The number of sulfonamides is 1. The van der Waals surface area contributed by atoms with E-state index in [0.717, 1.165) is 0 Å². The highest BCUT2D eigenvalue weighted by atomic mass is 32.2. The maximum Gasteiger partial charge on any atom is 0.312 e. The van der Waals surface area contributed by atoms with Crippen molar-refractivity contribution in [3.05, 3.63) is 24.5 Å². The summed E-state index contributed by atoms with van der Waals surface area (Å²) in [5.74, 6) is -1.12. The monoisotopic (exact) mass is 297 g/mol. The summed E-state index contributed by atoms with van der Waals surface area (Å²) in [5.41, 5.74) is -1.00. The third-order valence-corrected chi connectivity index (χ3v) is 5.99. The van der Waals surface area contributed by atoms with Crippen molar-refractivity contribution in [1.82, 2.24) is 14.6 Å². The largest absolute Gasteiger partial charge is 0.481 e. The Bertz CT molecular complexity index is 633. The van der Waals surface area contributed by atoms with Crippen molar-refractivity contribution in [2.75, 3.05) is 26.2 Å². The SMILES string of the molecule is O=C(O)[C@@]12CNC[C@@H]1CN(S(=O)(=O)c1cccnc1)C2. The van der Waals surface area contributed by atoms with Gasteiger partial charge in [-0.3, -0.25) is 9.78 Å². The Balaban J connectivity index is 1.93. The van der Waals surface area contributed by atoms with Gasteiger partial charge < -0.3 is 10.4 Å². The molecular formula is C12H15N3O4S. The second kappa shape index (κ2) is 4.51. The highest BCUT2D eigenvalue weighted by Gasteiger charge is 2.57. The molecule has 2 saturated heterocycles. The number of carboxylic acid groups (broad SMARTS) is 1. The summed E-state index contributed by atoms with van der Waals surface area (Å²) in [4.78, 5) is 15.5. The van der Waals surface area contributed by atoms with Gasteiger partial charge in [0.15, 0.2) is 0 Å². The maximum absolute atomic E-state index is 12.5. The summed E-state index contributed by atoms with van der Waals surface area (Å²) in [6.07, 6.45) is 2.79. The first-order valence-electron chi connectivity index (χ1n) is 6.31. The van der Waals surface area contributed by atoms with Crippen LogP contribution in [0.2, 0.25) is 0 Å². The van der Waals surface area contributed by atoms with E-state index in [1.807, 2.05) is 0 Å². The smallest absolute Gasteiger partial charge is 0.312 e. The number of carboxylic acids is 1. The van der Waals surface area contributed by atoms with Crippen LogP contribution in [0.1, 0.15) is 0 Å². The highest BCUT2D eigenvalue weighted by Crippen LogP contribution is 2.41. The number of aromatic nitrogens is 1. The molecule has 0 aliphatic carbocycles. The number of rotatable bonds is 3. The van der Waals surface area contributed by atoms with Gasteiger partial charge in [0.2, 0.25) is 10.0 Å². The molecule has 20 heavy (non-hydrogen) atoms. The van der Waals surface area contributed by atoms with E-state index in [-0.39, 0.29) is 23.9 Å². The lowest BCUT2D eigenvalue weighted by Crippen LogP contribution is -2.41. The van der Waals surface area contributed by atoms with E-state index in [4.69, 9.17) is 0 Å². The molecule has 2 N–H and O–H groups in total. The zero-order valence-corrected chi connectivity index (χ0v) is 11.5. The van der Waals surface area contributed by atoms with E-state index in [1.165, 1.54) is 22.8 Å². The first-order valence-corrected chi connectivity index (χ1v) is 7.75. The molecule has 8 heteroatoms. The highest BCUT2D eigenvalue weighted by molar-refractivity contribution is 7.89. The number of carbonyl (C=O) groups is 1. The van der Waals surface area contributed by atoms with Crippen molar-refractivity contribution in [3.63, 3.8) is 0 Å². The van der Waals surface area contributed by atoms with Crippen molar-refractivity contribution in [2.45, 2.75) is 4.90 Å². The minimum atomic E-state index is -3.67. The number of pyridine rings is 1. The molecule has 3 rings (SSSR count). The van der Waals surface area contributed by atoms with Crippen LogP contribution < -0.4 is 5.32 Å². The molecule has 1 aromatic heterocycles. The van der Waals surface area contributed by atoms with Gasteiger partial charge in [-0.15, -0.1) is 0 Å². The van der Waals surface area contributed by atoms with Crippen LogP contribution in [0.15, 0.2) is 29.4 Å². The standard InChI is InChI=1S/C12H15N3O4S/c16-11(17)12-7-14-4-9(12)6-15(8-12)20(18,19)10-2-1-3-13-5-10/h1-3,5,9,14H,4,6-8H2,(H,16,17)/t9-,12-/m1/s1. The average Bonchev–Trinajstić information content (AvgIpc) is 2.97. The van der Waals surface area contributed by atoms with Crippen molar-refractivity contribution in [3.8, 4) is 0 Å². The Hall–Kier alpha value is -1.51. The van der Waals surface area contributed by atoms with Crippen LogP contribution >= 0.6 is 0 Å². The molecule has 2 aliphatic rings. The number of nitrogens with zero attached hydrogens (tertiary/aromatic N) is 2. The summed E-state index contributed by atoms with van der Waals surface area (Å²) < 4.78 is 26.3. The van der Waals surface area contributed by atoms with E-state index < -0.39 is 21.4 Å². The van der Waals surface area contributed by atoms with Crippen LogP contribution in [-0.2, 0) is 14.8 Å². The van der Waals surface area contributed by atoms with E-state index in [1.54, 1.807) is 6.07 Å². The minimum Gasteiger partial charge on any atom is -0.481 e. The van der Waals surface area contributed by atoms with Crippen molar-refractivity contribution < 1.29 is 18.3 Å². The Labute approximate surface area is 116 Å². The van der Waals surface area contributed by atoms with Gasteiger partial charge >= 0.3 is 5.97 Å². The molecule has 0 bridgehead atoms. The van der Waals surface area contributed by atoms with Crippen LogP contribution in [0.3, 0.4) is 0 Å². The van der Waals surface area contributed by atoms with E-state index in [2.05, 4.69) is 10.3 Å². The summed E-state index contributed by atoms with van der Waals surface area (Å²) in [6, 6.07) is 3.03.